The van der Waals surface area contributed by atoms with Gasteiger partial charge < -0.3 is 14.6 Å². The molecular weight excluding hydrogens is 221 g/mol. The number of anilines is 1. The maximum absolute atomic E-state index is 12.0. The molecule has 0 saturated carbocycles. The van der Waals surface area contributed by atoms with Crippen LogP contribution in [0.5, 0.6) is 5.75 Å². The van der Waals surface area contributed by atoms with E-state index in [4.69, 9.17) is 11.2 Å². The van der Waals surface area contributed by atoms with Crippen LogP contribution in [0.3, 0.4) is 0 Å². The van der Waals surface area contributed by atoms with E-state index in [1.54, 1.807) is 20.4 Å². The summed E-state index contributed by atoms with van der Waals surface area (Å²) in [7, 11) is -0.742. The summed E-state index contributed by atoms with van der Waals surface area (Å²) < 4.78 is 17.2. The molecule has 0 spiro atoms. The predicted molar refractivity (Wildman–Crippen MR) is 69.4 cm³/mol. The number of nitrogens with one attached hydrogen (secondary N) is 1. The van der Waals surface area contributed by atoms with Gasteiger partial charge in [0.25, 0.3) is 0 Å². The van der Waals surface area contributed by atoms with E-state index in [0.717, 1.165) is 11.0 Å². The highest BCUT2D eigenvalue weighted by Gasteiger charge is 2.16. The molecule has 1 aromatic carbocycles. The first-order valence-corrected chi connectivity index (χ1v) is 7.50. The average Bonchev–Trinajstić information content (AvgIpc) is 2.24. The second-order valence-corrected chi connectivity index (χ2v) is 6.98. The van der Waals surface area contributed by atoms with Gasteiger partial charge in [0.2, 0.25) is 0 Å². The highest BCUT2D eigenvalue weighted by molar-refractivity contribution is 7.70. The van der Waals surface area contributed by atoms with Gasteiger partial charge in [-0.3, -0.25) is 0 Å². The van der Waals surface area contributed by atoms with Crippen molar-refractivity contribution in [3.63, 3.8) is 0 Å². The first kappa shape index (κ1) is 12.7. The van der Waals surface area contributed by atoms with E-state index >= 15 is 0 Å². The molecule has 0 aliphatic rings. The van der Waals surface area contributed by atoms with Crippen molar-refractivity contribution in [2.75, 3.05) is 32.3 Å². The third-order valence-electron chi connectivity index (χ3n) is 2.15. The van der Waals surface area contributed by atoms with E-state index in [1.165, 1.54) is 0 Å². The minimum atomic E-state index is -2.31. The molecule has 0 aromatic heterocycles. The van der Waals surface area contributed by atoms with Crippen LogP contribution in [0.4, 0.5) is 5.69 Å². The summed E-state index contributed by atoms with van der Waals surface area (Å²) >= 11 is 0. The molecule has 86 valence electrons. The van der Waals surface area contributed by atoms with Crippen molar-refractivity contribution in [3.8, 4) is 18.1 Å². The van der Waals surface area contributed by atoms with Crippen molar-refractivity contribution in [2.45, 2.75) is 0 Å². The Morgan fingerprint density at radius 2 is 2.19 bits per heavy atom. The quantitative estimate of drug-likeness (QED) is 0.643. The molecule has 0 aliphatic heterocycles. The fourth-order valence-corrected chi connectivity index (χ4v) is 2.51. The lowest BCUT2D eigenvalue weighted by molar-refractivity contribution is 0.418. The van der Waals surface area contributed by atoms with Crippen LogP contribution in [0.1, 0.15) is 0 Å². The number of ether oxygens (including phenoxy) is 1. The van der Waals surface area contributed by atoms with Crippen molar-refractivity contribution in [3.05, 3.63) is 18.2 Å². The molecule has 3 nitrogen and oxygen atoms in total. The van der Waals surface area contributed by atoms with E-state index in [1.807, 2.05) is 18.2 Å². The molecule has 0 aliphatic carbocycles. The largest absolute Gasteiger partial charge is 0.496 e. The minimum Gasteiger partial charge on any atom is -0.496 e. The molecular formula is C12H16NO2P. The van der Waals surface area contributed by atoms with Crippen LogP contribution in [-0.2, 0) is 4.57 Å². The Kier molecular flexibility index (Phi) is 4.04. The van der Waals surface area contributed by atoms with Crippen LogP contribution in [0.15, 0.2) is 18.2 Å². The van der Waals surface area contributed by atoms with Crippen LogP contribution in [0.25, 0.3) is 0 Å². The lowest BCUT2D eigenvalue weighted by atomic mass is 10.3. The standard InChI is InChI=1S/C12H16NO2P/c1-5-8-13-10-6-7-12(16(3,4)14)11(9-10)15-2/h1,6-7,9,13H,8H2,2-4H3. The summed E-state index contributed by atoms with van der Waals surface area (Å²) in [5.41, 5.74) is 0.868. The number of benzene rings is 1. The van der Waals surface area contributed by atoms with E-state index in [2.05, 4.69) is 11.2 Å². The molecule has 1 aromatic rings. The molecule has 0 saturated heterocycles. The third-order valence-corrected chi connectivity index (χ3v) is 3.68. The number of hydrogen-bond donors (Lipinski definition) is 1. The normalized spacial score (nSPS) is 10.6. The molecule has 1 rings (SSSR count). The second kappa shape index (κ2) is 5.09. The monoisotopic (exact) mass is 237 g/mol. The number of terminal acetylenes is 1. The van der Waals surface area contributed by atoms with Crippen LogP contribution >= 0.6 is 7.14 Å². The lowest BCUT2D eigenvalue weighted by Crippen LogP contribution is -2.09. The summed E-state index contributed by atoms with van der Waals surface area (Å²) in [6.45, 7) is 3.90. The predicted octanol–water partition coefficient (Wildman–Crippen LogP) is 1.99. The van der Waals surface area contributed by atoms with Gasteiger partial charge in [-0.1, -0.05) is 5.92 Å². The van der Waals surface area contributed by atoms with E-state index < -0.39 is 7.14 Å². The van der Waals surface area contributed by atoms with Crippen LogP contribution < -0.4 is 15.4 Å². The zero-order chi connectivity index (χ0) is 12.2. The van der Waals surface area contributed by atoms with Crippen molar-refractivity contribution in [2.24, 2.45) is 0 Å². The zero-order valence-electron chi connectivity index (χ0n) is 9.78. The van der Waals surface area contributed by atoms with Crippen LogP contribution in [0.2, 0.25) is 0 Å². The molecule has 0 atom stereocenters. The Hall–Kier alpha value is -1.39. The molecule has 0 heterocycles. The third kappa shape index (κ3) is 3.05. The number of methoxy groups -OCH3 is 1. The first-order valence-electron chi connectivity index (χ1n) is 4.90. The Balaban J connectivity index is 3.08. The first-order chi connectivity index (χ1) is 7.49. The maximum Gasteiger partial charge on any atom is 0.131 e. The Labute approximate surface area is 96.6 Å². The smallest absolute Gasteiger partial charge is 0.131 e. The SMILES string of the molecule is C#CCNc1ccc(P(C)(C)=O)c(OC)c1. The summed E-state index contributed by atoms with van der Waals surface area (Å²) in [5.74, 6) is 3.13. The summed E-state index contributed by atoms with van der Waals surface area (Å²) in [6, 6.07) is 5.49. The summed E-state index contributed by atoms with van der Waals surface area (Å²) in [5, 5.41) is 3.79. The van der Waals surface area contributed by atoms with Gasteiger partial charge in [0.05, 0.1) is 19.0 Å². The fourth-order valence-electron chi connectivity index (χ4n) is 1.39. The van der Waals surface area contributed by atoms with Crippen LogP contribution in [0, 0.1) is 12.3 Å². The van der Waals surface area contributed by atoms with Gasteiger partial charge in [0.15, 0.2) is 0 Å². The van der Waals surface area contributed by atoms with Gasteiger partial charge >= 0.3 is 0 Å². The Morgan fingerprint density at radius 1 is 1.50 bits per heavy atom. The molecule has 1 N–H and O–H groups in total. The Bertz CT molecular complexity index is 457. The molecule has 0 fully saturated rings. The van der Waals surface area contributed by atoms with Crippen molar-refractivity contribution in [1.29, 1.82) is 0 Å². The van der Waals surface area contributed by atoms with Crippen molar-refractivity contribution < 1.29 is 9.30 Å². The van der Waals surface area contributed by atoms with Crippen molar-refractivity contribution in [1.82, 2.24) is 0 Å². The van der Waals surface area contributed by atoms with E-state index in [-0.39, 0.29) is 0 Å². The van der Waals surface area contributed by atoms with Gasteiger partial charge in [0.1, 0.15) is 12.9 Å². The van der Waals surface area contributed by atoms with Gasteiger partial charge in [-0.15, -0.1) is 6.42 Å². The molecule has 0 radical (unpaired) electrons. The highest BCUT2D eigenvalue weighted by atomic mass is 31.2. The second-order valence-electron chi connectivity index (χ2n) is 3.80. The molecule has 0 bridgehead atoms. The maximum atomic E-state index is 12.0. The highest BCUT2D eigenvalue weighted by Crippen LogP contribution is 2.39. The number of hydrogen-bond acceptors (Lipinski definition) is 3. The van der Waals surface area contributed by atoms with Crippen LogP contribution in [-0.4, -0.2) is 27.0 Å². The van der Waals surface area contributed by atoms with Gasteiger partial charge in [-0.25, -0.2) is 0 Å². The molecule has 0 amide bonds. The van der Waals surface area contributed by atoms with Gasteiger partial charge in [-0.2, -0.15) is 0 Å². The lowest BCUT2D eigenvalue weighted by Gasteiger charge is -2.14. The molecule has 16 heavy (non-hydrogen) atoms. The van der Waals surface area contributed by atoms with Gasteiger partial charge in [0, 0.05) is 11.8 Å². The van der Waals surface area contributed by atoms with Crippen molar-refractivity contribution >= 4 is 18.1 Å². The summed E-state index contributed by atoms with van der Waals surface area (Å²) in [6.07, 6.45) is 5.16. The fraction of sp³-hybridized carbons (Fsp3) is 0.333. The average molecular weight is 237 g/mol. The van der Waals surface area contributed by atoms with E-state index in [9.17, 15) is 4.57 Å². The molecule has 4 heteroatoms. The zero-order valence-corrected chi connectivity index (χ0v) is 10.7. The molecule has 0 unspecified atom stereocenters. The van der Waals surface area contributed by atoms with E-state index in [0.29, 0.717) is 12.3 Å². The number of rotatable bonds is 4. The summed E-state index contributed by atoms with van der Waals surface area (Å²) in [4.78, 5) is 0. The topological polar surface area (TPSA) is 38.3 Å². The Morgan fingerprint density at radius 3 is 2.69 bits per heavy atom. The van der Waals surface area contributed by atoms with Gasteiger partial charge in [-0.05, 0) is 25.5 Å². The minimum absolute atomic E-state index is 0.457.